The van der Waals surface area contributed by atoms with Gasteiger partial charge in [0, 0.05) is 26.3 Å². The van der Waals surface area contributed by atoms with E-state index in [1.807, 2.05) is 0 Å². The maximum absolute atomic E-state index is 13.6. The van der Waals surface area contributed by atoms with Crippen LogP contribution in [0, 0.1) is 15.9 Å². The number of carbonyl (C=O) groups excluding carboxylic acids is 1. The van der Waals surface area contributed by atoms with Gasteiger partial charge in [0.25, 0.3) is 11.8 Å². The Morgan fingerprint density at radius 1 is 1.32 bits per heavy atom. The smallest absolute Gasteiger partial charge is 0.282 e. The first-order valence-corrected chi connectivity index (χ1v) is 8.15. The maximum Gasteiger partial charge on any atom is 0.282 e. The number of nitrogen functional groups attached to an aromatic ring is 1. The van der Waals surface area contributed by atoms with Crippen molar-refractivity contribution in [2.75, 3.05) is 5.88 Å². The molecule has 4 N–H and O–H groups in total. The number of rotatable bonds is 5. The van der Waals surface area contributed by atoms with Gasteiger partial charge < -0.3 is 4.98 Å². The first-order valence-electron chi connectivity index (χ1n) is 7.17. The van der Waals surface area contributed by atoms with Gasteiger partial charge in [-0.25, -0.2) is 10.2 Å². The van der Waals surface area contributed by atoms with E-state index in [1.165, 1.54) is 12.1 Å². The van der Waals surface area contributed by atoms with Crippen molar-refractivity contribution >= 4 is 28.6 Å². The van der Waals surface area contributed by atoms with Gasteiger partial charge in [-0.1, -0.05) is 12.1 Å². The Bertz CT molecular complexity index is 973. The van der Waals surface area contributed by atoms with Crippen LogP contribution >= 0.6 is 11.8 Å². The lowest BCUT2D eigenvalue weighted by molar-refractivity contribution is -0.456. The van der Waals surface area contributed by atoms with Crippen LogP contribution in [0.2, 0.25) is 0 Å². The Labute approximate surface area is 145 Å². The number of fused-ring (bicyclic) bond motifs is 1. The Kier molecular flexibility index (Phi) is 4.68. The lowest BCUT2D eigenvalue weighted by Gasteiger charge is -2.05. The third-order valence-electron chi connectivity index (χ3n) is 3.58. The molecule has 1 aromatic heterocycles. The summed E-state index contributed by atoms with van der Waals surface area (Å²) in [4.78, 5) is 25.9. The number of hydrazine groups is 1. The Morgan fingerprint density at radius 3 is 2.80 bits per heavy atom. The molecule has 3 aromatic rings. The number of carbonyl (C=O) groups is 1. The third-order valence-corrected chi connectivity index (χ3v) is 4.51. The molecular formula is C16H13FN4O3S. The summed E-state index contributed by atoms with van der Waals surface area (Å²) in [7, 11) is 0. The number of aromatic nitrogens is 1. The number of amides is 1. The van der Waals surface area contributed by atoms with Crippen molar-refractivity contribution < 1.29 is 14.1 Å². The van der Waals surface area contributed by atoms with Crippen molar-refractivity contribution in [3.8, 4) is 11.1 Å². The molecule has 3 rings (SSSR count). The Hall–Kier alpha value is -2.91. The largest absolute Gasteiger partial charge is 0.350 e. The van der Waals surface area contributed by atoms with E-state index in [4.69, 9.17) is 5.84 Å². The van der Waals surface area contributed by atoms with Crippen LogP contribution < -0.4 is 11.3 Å². The Balaban J connectivity index is 2.20. The van der Waals surface area contributed by atoms with Gasteiger partial charge in [0.2, 0.25) is 0 Å². The van der Waals surface area contributed by atoms with Gasteiger partial charge in [0.15, 0.2) is 0 Å². The maximum atomic E-state index is 13.6. The monoisotopic (exact) mass is 360 g/mol. The zero-order valence-corrected chi connectivity index (χ0v) is 13.6. The summed E-state index contributed by atoms with van der Waals surface area (Å²) in [5.41, 5.74) is 3.89. The van der Waals surface area contributed by atoms with Gasteiger partial charge in [-0.2, -0.15) is 0 Å². The highest BCUT2D eigenvalue weighted by atomic mass is 32.2. The molecular weight excluding hydrogens is 347 g/mol. The molecule has 1 amide bonds. The minimum Gasteiger partial charge on any atom is -0.350 e. The number of nitro groups is 1. The Morgan fingerprint density at radius 2 is 2.12 bits per heavy atom. The van der Waals surface area contributed by atoms with Crippen LogP contribution in [-0.4, -0.2) is 21.7 Å². The first-order chi connectivity index (χ1) is 12.0. The van der Waals surface area contributed by atoms with Gasteiger partial charge in [0.05, 0.1) is 0 Å². The second-order valence-corrected chi connectivity index (χ2v) is 6.19. The van der Waals surface area contributed by atoms with Crippen LogP contribution in [0.4, 0.5) is 4.39 Å². The van der Waals surface area contributed by atoms with E-state index < -0.39 is 16.6 Å². The normalized spacial score (nSPS) is 10.8. The lowest BCUT2D eigenvalue weighted by Crippen LogP contribution is -2.30. The third kappa shape index (κ3) is 3.47. The molecule has 128 valence electrons. The molecule has 2 aromatic carbocycles. The van der Waals surface area contributed by atoms with Gasteiger partial charge in [-0.05, 0) is 47.7 Å². The molecule has 0 aliphatic rings. The number of nitrogens with two attached hydrogens (primary N) is 1. The van der Waals surface area contributed by atoms with Crippen molar-refractivity contribution in [1.82, 2.24) is 10.4 Å². The van der Waals surface area contributed by atoms with Crippen LogP contribution in [0.3, 0.4) is 0 Å². The molecule has 0 unspecified atom stereocenters. The SMILES string of the molecule is NNC(=O)c1[nH]c2ccc(SC[N+](=O)[O-])cc2c1-c1cccc(F)c1. The molecule has 0 atom stereocenters. The molecule has 1 heterocycles. The van der Waals surface area contributed by atoms with Crippen LogP contribution in [-0.2, 0) is 0 Å². The molecule has 0 spiro atoms. The van der Waals surface area contributed by atoms with Gasteiger partial charge in [-0.15, -0.1) is 0 Å². The van der Waals surface area contributed by atoms with E-state index in [1.54, 1.807) is 30.3 Å². The number of hydrogen-bond donors (Lipinski definition) is 3. The standard InChI is InChI=1S/C16H13FN4O3S/c17-10-3-1-2-9(6-10)14-12-7-11(25-8-21(23)24)4-5-13(12)19-15(14)16(22)20-18/h1-7,19H,8,18H2,(H,20,22). The summed E-state index contributed by atoms with van der Waals surface area (Å²) >= 11 is 1.06. The predicted octanol–water partition coefficient (Wildman–Crippen LogP) is 2.90. The van der Waals surface area contributed by atoms with Crippen LogP contribution in [0.1, 0.15) is 10.5 Å². The minimum atomic E-state index is -0.546. The summed E-state index contributed by atoms with van der Waals surface area (Å²) in [6.45, 7) is 0. The lowest BCUT2D eigenvalue weighted by atomic mass is 10.0. The van der Waals surface area contributed by atoms with Crippen molar-refractivity contribution in [3.05, 3.63) is 64.1 Å². The molecule has 0 radical (unpaired) electrons. The fourth-order valence-electron chi connectivity index (χ4n) is 2.57. The van der Waals surface area contributed by atoms with E-state index in [0.717, 1.165) is 11.8 Å². The number of H-pyrrole nitrogens is 1. The molecule has 7 nitrogen and oxygen atoms in total. The molecule has 0 aliphatic carbocycles. The number of benzene rings is 2. The predicted molar refractivity (Wildman–Crippen MR) is 93.1 cm³/mol. The number of nitrogens with zero attached hydrogens (tertiary/aromatic N) is 1. The molecule has 0 fully saturated rings. The van der Waals surface area contributed by atoms with Crippen LogP contribution in [0.15, 0.2) is 47.4 Å². The van der Waals surface area contributed by atoms with E-state index in [9.17, 15) is 19.3 Å². The number of nitrogens with one attached hydrogen (secondary N) is 2. The minimum absolute atomic E-state index is 0.194. The molecule has 0 aliphatic heterocycles. The zero-order chi connectivity index (χ0) is 18.0. The second kappa shape index (κ2) is 6.91. The highest BCUT2D eigenvalue weighted by molar-refractivity contribution is 7.99. The molecule has 9 heteroatoms. The summed E-state index contributed by atoms with van der Waals surface area (Å²) in [6.07, 6.45) is 0. The van der Waals surface area contributed by atoms with E-state index >= 15 is 0 Å². The number of halogens is 1. The van der Waals surface area contributed by atoms with Crippen LogP contribution in [0.5, 0.6) is 0 Å². The van der Waals surface area contributed by atoms with Gasteiger partial charge >= 0.3 is 0 Å². The number of hydrogen-bond acceptors (Lipinski definition) is 5. The van der Waals surface area contributed by atoms with E-state index in [-0.39, 0.29) is 11.6 Å². The van der Waals surface area contributed by atoms with Crippen molar-refractivity contribution in [3.63, 3.8) is 0 Å². The fraction of sp³-hybridized carbons (Fsp3) is 0.0625. The second-order valence-electron chi connectivity index (χ2n) is 5.17. The van der Waals surface area contributed by atoms with E-state index in [2.05, 4.69) is 10.4 Å². The summed E-state index contributed by atoms with van der Waals surface area (Å²) in [5.74, 6) is 3.98. The zero-order valence-electron chi connectivity index (χ0n) is 12.8. The topological polar surface area (TPSA) is 114 Å². The highest BCUT2D eigenvalue weighted by Gasteiger charge is 2.19. The first kappa shape index (κ1) is 16.9. The summed E-state index contributed by atoms with van der Waals surface area (Å²) in [5, 5.41) is 11.2. The quantitative estimate of drug-likeness (QED) is 0.162. The molecule has 25 heavy (non-hydrogen) atoms. The summed E-state index contributed by atoms with van der Waals surface area (Å²) in [6, 6.07) is 11.0. The van der Waals surface area contributed by atoms with Gasteiger partial charge in [0.1, 0.15) is 11.5 Å². The molecule has 0 bridgehead atoms. The highest BCUT2D eigenvalue weighted by Crippen LogP contribution is 2.35. The molecule has 0 saturated carbocycles. The molecule has 0 saturated heterocycles. The van der Waals surface area contributed by atoms with Crippen molar-refractivity contribution in [1.29, 1.82) is 0 Å². The number of aromatic amines is 1. The van der Waals surface area contributed by atoms with Crippen molar-refractivity contribution in [2.24, 2.45) is 5.84 Å². The van der Waals surface area contributed by atoms with Crippen LogP contribution in [0.25, 0.3) is 22.0 Å². The van der Waals surface area contributed by atoms with Crippen molar-refractivity contribution in [2.45, 2.75) is 4.90 Å². The average Bonchev–Trinajstić information content (AvgIpc) is 2.97. The van der Waals surface area contributed by atoms with E-state index in [0.29, 0.717) is 26.9 Å². The number of thioether (sulfide) groups is 1. The fourth-order valence-corrected chi connectivity index (χ4v) is 3.19. The van der Waals surface area contributed by atoms with Gasteiger partial charge in [-0.3, -0.25) is 20.3 Å². The average molecular weight is 360 g/mol. The summed E-state index contributed by atoms with van der Waals surface area (Å²) < 4.78 is 13.6.